The van der Waals surface area contributed by atoms with Gasteiger partial charge in [-0.3, -0.25) is 4.90 Å². The molecule has 1 aromatic rings. The number of likely N-dealkylation sites (tertiary alicyclic amines) is 1. The average molecular weight is 237 g/mol. The van der Waals surface area contributed by atoms with E-state index in [0.717, 1.165) is 37.0 Å². The molecule has 0 spiro atoms. The highest BCUT2D eigenvalue weighted by Gasteiger charge is 2.31. The fraction of sp³-hybridized carbons (Fsp3) is 0.769. The summed E-state index contributed by atoms with van der Waals surface area (Å²) in [5.74, 6) is 1.71. The van der Waals surface area contributed by atoms with Crippen molar-refractivity contribution in [3.8, 4) is 0 Å². The van der Waals surface area contributed by atoms with Crippen molar-refractivity contribution >= 4 is 0 Å². The van der Waals surface area contributed by atoms with Gasteiger partial charge in [-0.1, -0.05) is 25.9 Å². The van der Waals surface area contributed by atoms with Crippen molar-refractivity contribution in [1.29, 1.82) is 0 Å². The SMILES string of the molecule is CC(C)(C)C1CCN(Cc2cc(CN)no2)C1. The van der Waals surface area contributed by atoms with E-state index in [9.17, 15) is 0 Å². The molecule has 4 heteroatoms. The van der Waals surface area contributed by atoms with Crippen LogP contribution >= 0.6 is 0 Å². The van der Waals surface area contributed by atoms with Crippen LogP contribution in [-0.2, 0) is 13.1 Å². The van der Waals surface area contributed by atoms with Crippen molar-refractivity contribution in [2.45, 2.75) is 40.3 Å². The van der Waals surface area contributed by atoms with E-state index in [1.165, 1.54) is 6.42 Å². The average Bonchev–Trinajstić information content (AvgIpc) is 2.86. The Bertz CT molecular complexity index is 367. The van der Waals surface area contributed by atoms with Crippen molar-refractivity contribution in [1.82, 2.24) is 10.1 Å². The summed E-state index contributed by atoms with van der Waals surface area (Å²) in [6.45, 7) is 10.6. The third-order valence-corrected chi connectivity index (χ3v) is 3.69. The maximum atomic E-state index is 5.51. The molecule has 1 aliphatic heterocycles. The Morgan fingerprint density at radius 2 is 2.29 bits per heavy atom. The lowest BCUT2D eigenvalue weighted by molar-refractivity contribution is 0.214. The Hall–Kier alpha value is -0.870. The molecule has 0 bridgehead atoms. The Morgan fingerprint density at radius 1 is 1.53 bits per heavy atom. The summed E-state index contributed by atoms with van der Waals surface area (Å²) >= 11 is 0. The van der Waals surface area contributed by atoms with Crippen LogP contribution in [0.3, 0.4) is 0 Å². The van der Waals surface area contributed by atoms with Crippen LogP contribution in [0.4, 0.5) is 0 Å². The summed E-state index contributed by atoms with van der Waals surface area (Å²) in [6, 6.07) is 1.96. The van der Waals surface area contributed by atoms with E-state index < -0.39 is 0 Å². The molecule has 0 saturated carbocycles. The number of hydrogen-bond acceptors (Lipinski definition) is 4. The minimum Gasteiger partial charge on any atom is -0.360 e. The summed E-state index contributed by atoms with van der Waals surface area (Å²) in [5.41, 5.74) is 6.76. The lowest BCUT2D eigenvalue weighted by atomic mass is 9.80. The second-order valence-corrected chi connectivity index (χ2v) is 6.08. The van der Waals surface area contributed by atoms with Crippen LogP contribution in [-0.4, -0.2) is 23.1 Å². The molecule has 2 rings (SSSR count). The van der Waals surface area contributed by atoms with Crippen LogP contribution in [0.15, 0.2) is 10.6 Å². The molecule has 0 aromatic carbocycles. The van der Waals surface area contributed by atoms with Crippen molar-refractivity contribution in [3.63, 3.8) is 0 Å². The van der Waals surface area contributed by atoms with Crippen molar-refractivity contribution < 1.29 is 4.52 Å². The Labute approximate surface area is 103 Å². The molecule has 1 aromatic heterocycles. The Kier molecular flexibility index (Phi) is 3.54. The summed E-state index contributed by atoms with van der Waals surface area (Å²) < 4.78 is 5.27. The first kappa shape index (κ1) is 12.6. The lowest BCUT2D eigenvalue weighted by Gasteiger charge is -2.26. The lowest BCUT2D eigenvalue weighted by Crippen LogP contribution is -2.25. The van der Waals surface area contributed by atoms with E-state index in [1.807, 2.05) is 6.07 Å². The predicted octanol–water partition coefficient (Wildman–Crippen LogP) is 2.00. The van der Waals surface area contributed by atoms with E-state index in [4.69, 9.17) is 10.3 Å². The van der Waals surface area contributed by atoms with Crippen molar-refractivity contribution in [2.75, 3.05) is 13.1 Å². The highest BCUT2D eigenvalue weighted by molar-refractivity contribution is 5.05. The summed E-state index contributed by atoms with van der Waals surface area (Å²) in [5, 5.41) is 3.92. The molecular weight excluding hydrogens is 214 g/mol. The van der Waals surface area contributed by atoms with Gasteiger partial charge in [0.05, 0.1) is 12.2 Å². The standard InChI is InChI=1S/C13H23N3O/c1-13(2,3)10-4-5-16(8-10)9-12-6-11(7-14)15-17-12/h6,10H,4-5,7-9,14H2,1-3H3. The van der Waals surface area contributed by atoms with Gasteiger partial charge in [-0.05, 0) is 24.3 Å². The Morgan fingerprint density at radius 3 is 2.82 bits per heavy atom. The Balaban J connectivity index is 1.89. The first-order valence-corrected chi connectivity index (χ1v) is 6.36. The molecule has 0 aliphatic carbocycles. The van der Waals surface area contributed by atoms with Crippen LogP contribution < -0.4 is 5.73 Å². The zero-order valence-electron chi connectivity index (χ0n) is 11.1. The second kappa shape index (κ2) is 4.78. The number of hydrogen-bond donors (Lipinski definition) is 1. The van der Waals surface area contributed by atoms with Gasteiger partial charge in [0.1, 0.15) is 0 Å². The molecule has 4 nitrogen and oxygen atoms in total. The fourth-order valence-corrected chi connectivity index (χ4v) is 2.43. The van der Waals surface area contributed by atoms with Crippen LogP contribution in [0.25, 0.3) is 0 Å². The molecule has 1 unspecified atom stereocenters. The number of rotatable bonds is 3. The van der Waals surface area contributed by atoms with Gasteiger partial charge in [-0.2, -0.15) is 0 Å². The number of nitrogens with two attached hydrogens (primary N) is 1. The highest BCUT2D eigenvalue weighted by Crippen LogP contribution is 2.34. The molecule has 1 atom stereocenters. The fourth-order valence-electron chi connectivity index (χ4n) is 2.43. The van der Waals surface area contributed by atoms with Crippen molar-refractivity contribution in [2.24, 2.45) is 17.1 Å². The molecular formula is C13H23N3O. The highest BCUT2D eigenvalue weighted by atomic mass is 16.5. The first-order valence-electron chi connectivity index (χ1n) is 6.36. The van der Waals surface area contributed by atoms with Crippen molar-refractivity contribution in [3.05, 3.63) is 17.5 Å². The molecule has 0 radical (unpaired) electrons. The van der Waals surface area contributed by atoms with Crippen LogP contribution in [0.1, 0.15) is 38.6 Å². The molecule has 2 N–H and O–H groups in total. The molecule has 17 heavy (non-hydrogen) atoms. The maximum Gasteiger partial charge on any atom is 0.151 e. The molecule has 2 heterocycles. The van der Waals surface area contributed by atoms with Crippen LogP contribution in [0.5, 0.6) is 0 Å². The van der Waals surface area contributed by atoms with Gasteiger partial charge < -0.3 is 10.3 Å². The normalized spacial score (nSPS) is 22.2. The number of nitrogens with zero attached hydrogens (tertiary/aromatic N) is 2. The zero-order chi connectivity index (χ0) is 12.5. The first-order chi connectivity index (χ1) is 7.99. The minimum atomic E-state index is 0.401. The van der Waals surface area contributed by atoms with Gasteiger partial charge in [0.2, 0.25) is 0 Å². The summed E-state index contributed by atoms with van der Waals surface area (Å²) in [6.07, 6.45) is 1.28. The van der Waals surface area contributed by atoms with Gasteiger partial charge in [0.15, 0.2) is 5.76 Å². The largest absolute Gasteiger partial charge is 0.360 e. The quantitative estimate of drug-likeness (QED) is 0.873. The third kappa shape index (κ3) is 3.07. The third-order valence-electron chi connectivity index (χ3n) is 3.69. The molecule has 1 saturated heterocycles. The molecule has 1 aliphatic rings. The van der Waals surface area contributed by atoms with E-state index >= 15 is 0 Å². The van der Waals surface area contributed by atoms with Crippen LogP contribution in [0.2, 0.25) is 0 Å². The molecule has 0 amide bonds. The van der Waals surface area contributed by atoms with Gasteiger partial charge in [-0.15, -0.1) is 0 Å². The summed E-state index contributed by atoms with van der Waals surface area (Å²) in [4.78, 5) is 2.44. The second-order valence-electron chi connectivity index (χ2n) is 6.08. The number of aromatic nitrogens is 1. The molecule has 1 fully saturated rings. The topological polar surface area (TPSA) is 55.3 Å². The molecule has 96 valence electrons. The van der Waals surface area contributed by atoms with E-state index in [1.54, 1.807) is 0 Å². The minimum absolute atomic E-state index is 0.401. The summed E-state index contributed by atoms with van der Waals surface area (Å²) in [7, 11) is 0. The van der Waals surface area contributed by atoms with E-state index in [2.05, 4.69) is 30.8 Å². The zero-order valence-corrected chi connectivity index (χ0v) is 11.1. The van der Waals surface area contributed by atoms with E-state index in [0.29, 0.717) is 12.0 Å². The monoisotopic (exact) mass is 237 g/mol. The van der Waals surface area contributed by atoms with Gasteiger partial charge in [-0.25, -0.2) is 0 Å². The van der Waals surface area contributed by atoms with Gasteiger partial charge >= 0.3 is 0 Å². The smallest absolute Gasteiger partial charge is 0.151 e. The van der Waals surface area contributed by atoms with Crippen LogP contribution in [0, 0.1) is 11.3 Å². The predicted molar refractivity (Wildman–Crippen MR) is 67.2 cm³/mol. The maximum absolute atomic E-state index is 5.51. The van der Waals surface area contributed by atoms with Gasteiger partial charge in [0.25, 0.3) is 0 Å². The van der Waals surface area contributed by atoms with Gasteiger partial charge in [0, 0.05) is 19.2 Å². The van der Waals surface area contributed by atoms with E-state index in [-0.39, 0.29) is 0 Å².